The zero-order valence-corrected chi connectivity index (χ0v) is 18.3. The molecule has 0 spiro atoms. The molecule has 3 heteroatoms. The van der Waals surface area contributed by atoms with E-state index in [1.807, 2.05) is 0 Å². The Morgan fingerprint density at radius 1 is 0.893 bits per heavy atom. The van der Waals surface area contributed by atoms with Gasteiger partial charge < -0.3 is 9.53 Å². The first-order valence-corrected chi connectivity index (χ1v) is 12.1. The summed E-state index contributed by atoms with van der Waals surface area (Å²) >= 11 is 0. The summed E-state index contributed by atoms with van der Waals surface area (Å²) in [6.45, 7) is 7.62. The topological polar surface area (TPSA) is 29.5 Å². The highest BCUT2D eigenvalue weighted by molar-refractivity contribution is 6.99. The molecule has 28 heavy (non-hydrogen) atoms. The van der Waals surface area contributed by atoms with Gasteiger partial charge in [0.05, 0.1) is 0 Å². The average Bonchev–Trinajstić information content (AvgIpc) is 2.70. The van der Waals surface area contributed by atoms with Gasteiger partial charge in [0.1, 0.15) is 0 Å². The van der Waals surface area contributed by atoms with Crippen molar-refractivity contribution in [2.75, 3.05) is 13.2 Å². The van der Waals surface area contributed by atoms with Crippen LogP contribution in [0.4, 0.5) is 0 Å². The average molecular weight is 393 g/mol. The summed E-state index contributed by atoms with van der Waals surface area (Å²) in [7, 11) is -2.56. The minimum atomic E-state index is -2.56. The van der Waals surface area contributed by atoms with Gasteiger partial charge in [-0.2, -0.15) is 0 Å². The van der Waals surface area contributed by atoms with Crippen LogP contribution in [-0.4, -0.2) is 26.6 Å². The van der Waals surface area contributed by atoms with Crippen molar-refractivity contribution >= 4 is 18.7 Å². The van der Waals surface area contributed by atoms with E-state index in [2.05, 4.69) is 106 Å². The van der Waals surface area contributed by atoms with Gasteiger partial charge >= 0.3 is 0 Å². The van der Waals surface area contributed by atoms with Crippen molar-refractivity contribution in [3.63, 3.8) is 0 Å². The van der Waals surface area contributed by atoms with Crippen molar-refractivity contribution < 1.29 is 9.53 Å². The Morgan fingerprint density at radius 3 is 1.82 bits per heavy atom. The number of hydrogen-bond donors (Lipinski definition) is 1. The maximum atomic E-state index is 9.70. The van der Waals surface area contributed by atoms with E-state index < -0.39 is 8.32 Å². The molecule has 0 aliphatic heterocycles. The van der Waals surface area contributed by atoms with Crippen LogP contribution in [0.15, 0.2) is 85.0 Å². The fourth-order valence-electron chi connectivity index (χ4n) is 4.29. The van der Waals surface area contributed by atoms with Crippen LogP contribution in [0, 0.1) is 5.41 Å². The van der Waals surface area contributed by atoms with Crippen molar-refractivity contribution in [2.45, 2.75) is 38.7 Å². The van der Waals surface area contributed by atoms with E-state index in [0.717, 1.165) is 6.42 Å². The van der Waals surface area contributed by atoms with Gasteiger partial charge in [0.2, 0.25) is 0 Å². The van der Waals surface area contributed by atoms with Crippen molar-refractivity contribution in [3.05, 3.63) is 85.0 Å². The standard InChI is InChI=1S/C25H32O2Si/c1-24(2,3)28(22-13-7-4-8-14-22,23-15-9-5-10-16-23)27-21-25(19-20-26)17-11-6-12-18-25/h4-5,7-18,26H,6,19-21H2,1-3H3. The lowest BCUT2D eigenvalue weighted by Crippen LogP contribution is -2.67. The summed E-state index contributed by atoms with van der Waals surface area (Å²) in [4.78, 5) is 0. The van der Waals surface area contributed by atoms with Crippen molar-refractivity contribution in [2.24, 2.45) is 5.41 Å². The molecular formula is C25H32O2Si. The van der Waals surface area contributed by atoms with Crippen LogP contribution < -0.4 is 10.4 Å². The molecule has 0 bridgehead atoms. The highest BCUT2D eigenvalue weighted by Crippen LogP contribution is 2.39. The Bertz CT molecular complexity index is 752. The second-order valence-corrected chi connectivity index (χ2v) is 13.0. The molecule has 0 radical (unpaired) electrons. The Labute approximate surface area is 170 Å². The predicted molar refractivity (Wildman–Crippen MR) is 121 cm³/mol. The first-order valence-electron chi connectivity index (χ1n) is 10.1. The van der Waals surface area contributed by atoms with Crippen LogP contribution in [-0.2, 0) is 4.43 Å². The Morgan fingerprint density at radius 2 is 1.39 bits per heavy atom. The van der Waals surface area contributed by atoms with Crippen molar-refractivity contribution in [1.82, 2.24) is 0 Å². The fourth-order valence-corrected chi connectivity index (χ4v) is 8.93. The summed E-state index contributed by atoms with van der Waals surface area (Å²) in [5.41, 5.74) is -0.236. The number of aliphatic hydroxyl groups excluding tert-OH is 1. The van der Waals surface area contributed by atoms with Crippen LogP contribution in [0.3, 0.4) is 0 Å². The first-order chi connectivity index (χ1) is 13.4. The van der Waals surface area contributed by atoms with Gasteiger partial charge in [0.25, 0.3) is 8.32 Å². The Balaban J connectivity index is 2.10. The van der Waals surface area contributed by atoms with Gasteiger partial charge in [0.15, 0.2) is 0 Å². The molecule has 2 aromatic carbocycles. The van der Waals surface area contributed by atoms with Crippen LogP contribution in [0.25, 0.3) is 0 Å². The van der Waals surface area contributed by atoms with Gasteiger partial charge in [-0.05, 0) is 28.3 Å². The summed E-state index contributed by atoms with van der Waals surface area (Å²) in [6.07, 6.45) is 10.4. The Hall–Kier alpha value is -1.94. The number of rotatable bonds is 7. The van der Waals surface area contributed by atoms with Crippen LogP contribution in [0.5, 0.6) is 0 Å². The second-order valence-electron chi connectivity index (χ2n) is 8.70. The predicted octanol–water partition coefficient (Wildman–Crippen LogP) is 4.45. The van der Waals surface area contributed by atoms with Crippen molar-refractivity contribution in [3.8, 4) is 0 Å². The van der Waals surface area contributed by atoms with Gasteiger partial charge in [-0.15, -0.1) is 0 Å². The number of allylic oxidation sites excluding steroid dienone is 2. The van der Waals surface area contributed by atoms with Gasteiger partial charge in [-0.3, -0.25) is 0 Å². The molecular weight excluding hydrogens is 360 g/mol. The SMILES string of the molecule is CC(C)(C)[Si](OCC1(CCO)C=CCC=C1)(c1ccccc1)c1ccccc1. The molecule has 3 rings (SSSR count). The monoisotopic (exact) mass is 392 g/mol. The van der Waals surface area contributed by atoms with Crippen LogP contribution >= 0.6 is 0 Å². The van der Waals surface area contributed by atoms with Gasteiger partial charge in [0, 0.05) is 18.6 Å². The summed E-state index contributed by atoms with van der Waals surface area (Å²) in [6, 6.07) is 21.4. The maximum absolute atomic E-state index is 9.70. The molecule has 0 saturated carbocycles. The van der Waals surface area contributed by atoms with E-state index in [0.29, 0.717) is 13.0 Å². The zero-order valence-electron chi connectivity index (χ0n) is 17.3. The molecule has 0 aromatic heterocycles. The molecule has 1 aliphatic carbocycles. The first kappa shape index (κ1) is 20.8. The quantitative estimate of drug-likeness (QED) is 0.557. The molecule has 0 saturated heterocycles. The van der Waals surface area contributed by atoms with Crippen molar-refractivity contribution in [1.29, 1.82) is 0 Å². The van der Waals surface area contributed by atoms with E-state index in [1.165, 1.54) is 10.4 Å². The lowest BCUT2D eigenvalue weighted by molar-refractivity contribution is 0.171. The molecule has 0 amide bonds. The molecule has 1 N–H and O–H groups in total. The van der Waals surface area contributed by atoms with E-state index in [-0.39, 0.29) is 17.1 Å². The van der Waals surface area contributed by atoms with Crippen LogP contribution in [0.2, 0.25) is 5.04 Å². The molecule has 0 fully saturated rings. The molecule has 1 aliphatic rings. The van der Waals surface area contributed by atoms with E-state index in [4.69, 9.17) is 4.43 Å². The van der Waals surface area contributed by atoms with Crippen LogP contribution in [0.1, 0.15) is 33.6 Å². The molecule has 0 heterocycles. The third kappa shape index (κ3) is 4.07. The highest BCUT2D eigenvalue weighted by atomic mass is 28.4. The summed E-state index contributed by atoms with van der Waals surface area (Å²) in [5.74, 6) is 0. The minimum absolute atomic E-state index is 0.0434. The normalized spacial score (nSPS) is 16.3. The fraction of sp³-hybridized carbons (Fsp3) is 0.360. The van der Waals surface area contributed by atoms with E-state index >= 15 is 0 Å². The summed E-state index contributed by atoms with van der Waals surface area (Å²) < 4.78 is 7.09. The smallest absolute Gasteiger partial charge is 0.261 e. The molecule has 148 valence electrons. The molecule has 0 atom stereocenters. The van der Waals surface area contributed by atoms with Gasteiger partial charge in [-0.1, -0.05) is 106 Å². The largest absolute Gasteiger partial charge is 0.406 e. The number of benzene rings is 2. The highest BCUT2D eigenvalue weighted by Gasteiger charge is 2.51. The second kappa shape index (κ2) is 8.60. The maximum Gasteiger partial charge on any atom is 0.261 e. The number of aliphatic hydroxyl groups is 1. The zero-order chi connectivity index (χ0) is 20.1. The third-order valence-electron chi connectivity index (χ3n) is 5.72. The third-order valence-corrected chi connectivity index (χ3v) is 10.7. The molecule has 0 unspecified atom stereocenters. The lowest BCUT2D eigenvalue weighted by Gasteiger charge is -2.45. The van der Waals surface area contributed by atoms with E-state index in [9.17, 15) is 5.11 Å². The molecule has 2 nitrogen and oxygen atoms in total. The lowest BCUT2D eigenvalue weighted by atomic mass is 9.82. The van der Waals surface area contributed by atoms with E-state index in [1.54, 1.807) is 0 Å². The van der Waals surface area contributed by atoms with Gasteiger partial charge in [-0.25, -0.2) is 0 Å². The molecule has 2 aromatic rings. The number of hydrogen-bond acceptors (Lipinski definition) is 2. The minimum Gasteiger partial charge on any atom is -0.406 e. The summed E-state index contributed by atoms with van der Waals surface area (Å²) in [5, 5.41) is 12.2. The Kier molecular flexibility index (Phi) is 6.39.